The highest BCUT2D eigenvalue weighted by Crippen LogP contribution is 2.40. The number of halogens is 1. The number of rotatable bonds is 2. The van der Waals surface area contributed by atoms with E-state index in [1.165, 1.54) is 0 Å². The van der Waals surface area contributed by atoms with E-state index in [2.05, 4.69) is 12.1 Å². The quantitative estimate of drug-likeness (QED) is 0.851. The molecule has 0 spiro atoms. The maximum Gasteiger partial charge on any atom is 0.0690 e. The van der Waals surface area contributed by atoms with Gasteiger partial charge in [0.1, 0.15) is 0 Å². The molecule has 1 heterocycles. The van der Waals surface area contributed by atoms with E-state index in [1.54, 1.807) is 0 Å². The van der Waals surface area contributed by atoms with Crippen molar-refractivity contribution in [2.45, 2.75) is 24.9 Å². The number of aliphatic hydroxyl groups is 1. The van der Waals surface area contributed by atoms with Crippen LogP contribution in [-0.2, 0) is 13.5 Å². The summed E-state index contributed by atoms with van der Waals surface area (Å²) in [6, 6.07) is 6.14. The SMILES string of the molecule is Cn1cc(Cl)c2c(CC3(O)CC3)cccc21. The number of hydrogen-bond acceptors (Lipinski definition) is 1. The average molecular weight is 236 g/mol. The molecule has 0 atom stereocenters. The van der Waals surface area contributed by atoms with Crippen LogP contribution in [0.3, 0.4) is 0 Å². The molecule has 0 saturated heterocycles. The molecule has 1 aliphatic carbocycles. The Hall–Kier alpha value is -0.990. The summed E-state index contributed by atoms with van der Waals surface area (Å²) < 4.78 is 2.03. The molecule has 0 aliphatic heterocycles. The van der Waals surface area contributed by atoms with Crippen molar-refractivity contribution in [3.63, 3.8) is 0 Å². The third-order valence-corrected chi connectivity index (χ3v) is 3.69. The molecule has 3 rings (SSSR count). The second-order valence-corrected chi connectivity index (χ2v) is 5.21. The van der Waals surface area contributed by atoms with Gasteiger partial charge in [-0.2, -0.15) is 0 Å². The Balaban J connectivity index is 2.16. The third kappa shape index (κ3) is 1.53. The molecule has 0 unspecified atom stereocenters. The molecule has 16 heavy (non-hydrogen) atoms. The largest absolute Gasteiger partial charge is 0.390 e. The average Bonchev–Trinajstić information content (AvgIpc) is 2.87. The smallest absolute Gasteiger partial charge is 0.0690 e. The Labute approximate surface area is 99.4 Å². The number of hydrogen-bond donors (Lipinski definition) is 1. The maximum absolute atomic E-state index is 9.99. The van der Waals surface area contributed by atoms with Crippen molar-refractivity contribution in [3.8, 4) is 0 Å². The summed E-state index contributed by atoms with van der Waals surface area (Å²) in [5, 5.41) is 11.9. The van der Waals surface area contributed by atoms with Crippen LogP contribution in [0.15, 0.2) is 24.4 Å². The van der Waals surface area contributed by atoms with Crippen LogP contribution >= 0.6 is 11.6 Å². The van der Waals surface area contributed by atoms with Gasteiger partial charge in [0.25, 0.3) is 0 Å². The fourth-order valence-electron chi connectivity index (χ4n) is 2.28. The summed E-state index contributed by atoms with van der Waals surface area (Å²) in [5.74, 6) is 0. The number of nitrogens with zero attached hydrogens (tertiary/aromatic N) is 1. The predicted octanol–water partition coefficient (Wildman–Crippen LogP) is 2.90. The van der Waals surface area contributed by atoms with Crippen LogP contribution in [-0.4, -0.2) is 15.3 Å². The minimum Gasteiger partial charge on any atom is -0.390 e. The molecule has 0 amide bonds. The lowest BCUT2D eigenvalue weighted by Gasteiger charge is -2.09. The van der Waals surface area contributed by atoms with Crippen molar-refractivity contribution in [1.29, 1.82) is 0 Å². The van der Waals surface area contributed by atoms with Gasteiger partial charge in [-0.05, 0) is 24.5 Å². The van der Waals surface area contributed by atoms with Crippen molar-refractivity contribution in [1.82, 2.24) is 4.57 Å². The second kappa shape index (κ2) is 3.25. The molecule has 0 radical (unpaired) electrons. The zero-order valence-electron chi connectivity index (χ0n) is 9.20. The minimum atomic E-state index is -0.465. The molecule has 2 nitrogen and oxygen atoms in total. The fourth-order valence-corrected chi connectivity index (χ4v) is 2.65. The van der Waals surface area contributed by atoms with E-state index in [-0.39, 0.29) is 0 Å². The van der Waals surface area contributed by atoms with E-state index < -0.39 is 5.60 Å². The maximum atomic E-state index is 9.99. The van der Waals surface area contributed by atoms with Crippen LogP contribution < -0.4 is 0 Å². The van der Waals surface area contributed by atoms with Gasteiger partial charge in [0.15, 0.2) is 0 Å². The van der Waals surface area contributed by atoms with Gasteiger partial charge in [0.2, 0.25) is 0 Å². The molecule has 1 N–H and O–H groups in total. The van der Waals surface area contributed by atoms with Crippen LogP contribution in [0.4, 0.5) is 0 Å². The Morgan fingerprint density at radius 1 is 1.44 bits per heavy atom. The lowest BCUT2D eigenvalue weighted by atomic mass is 10.0. The Kier molecular flexibility index (Phi) is 2.07. The summed E-state index contributed by atoms with van der Waals surface area (Å²) in [4.78, 5) is 0. The first-order valence-corrected chi connectivity index (χ1v) is 5.92. The van der Waals surface area contributed by atoms with Crippen LogP contribution in [0.1, 0.15) is 18.4 Å². The van der Waals surface area contributed by atoms with Gasteiger partial charge in [-0.15, -0.1) is 0 Å². The highest BCUT2D eigenvalue weighted by atomic mass is 35.5. The second-order valence-electron chi connectivity index (χ2n) is 4.80. The first-order valence-electron chi connectivity index (χ1n) is 5.54. The van der Waals surface area contributed by atoms with Crippen LogP contribution in [0.5, 0.6) is 0 Å². The number of fused-ring (bicyclic) bond motifs is 1. The Morgan fingerprint density at radius 3 is 2.88 bits per heavy atom. The van der Waals surface area contributed by atoms with Gasteiger partial charge >= 0.3 is 0 Å². The molecule has 1 aromatic carbocycles. The van der Waals surface area contributed by atoms with Gasteiger partial charge < -0.3 is 9.67 Å². The normalized spacial score (nSPS) is 17.9. The highest BCUT2D eigenvalue weighted by Gasteiger charge is 2.40. The molecular formula is C13H14ClNO. The predicted molar refractivity (Wildman–Crippen MR) is 65.8 cm³/mol. The van der Waals surface area contributed by atoms with Crippen molar-refractivity contribution in [2.24, 2.45) is 7.05 Å². The molecule has 3 heteroatoms. The van der Waals surface area contributed by atoms with Crippen molar-refractivity contribution < 1.29 is 5.11 Å². The number of aryl methyl sites for hydroxylation is 1. The summed E-state index contributed by atoms with van der Waals surface area (Å²) in [6.07, 6.45) is 4.46. The molecule has 1 saturated carbocycles. The van der Waals surface area contributed by atoms with E-state index in [0.29, 0.717) is 6.42 Å². The van der Waals surface area contributed by atoms with Crippen LogP contribution in [0.2, 0.25) is 5.02 Å². The fraction of sp³-hybridized carbons (Fsp3) is 0.385. The van der Waals surface area contributed by atoms with Gasteiger partial charge in [-0.3, -0.25) is 0 Å². The van der Waals surface area contributed by atoms with Crippen LogP contribution in [0, 0.1) is 0 Å². The third-order valence-electron chi connectivity index (χ3n) is 3.40. The standard InChI is InChI=1S/C13H14ClNO/c1-15-8-10(14)12-9(3-2-4-11(12)15)7-13(16)5-6-13/h2-4,8,16H,5-7H2,1H3. The first kappa shape index (κ1) is 10.2. The van der Waals surface area contributed by atoms with E-state index >= 15 is 0 Å². The Morgan fingerprint density at radius 2 is 2.19 bits per heavy atom. The van der Waals surface area contributed by atoms with Crippen molar-refractivity contribution >= 4 is 22.5 Å². The minimum absolute atomic E-state index is 0.465. The summed E-state index contributed by atoms with van der Waals surface area (Å²) in [5.41, 5.74) is 1.82. The van der Waals surface area contributed by atoms with Gasteiger partial charge in [0.05, 0.1) is 10.6 Å². The van der Waals surface area contributed by atoms with E-state index in [1.807, 2.05) is 23.9 Å². The molecule has 0 bridgehead atoms. The van der Waals surface area contributed by atoms with Gasteiger partial charge in [-0.1, -0.05) is 23.7 Å². The van der Waals surface area contributed by atoms with Gasteiger partial charge in [0, 0.05) is 30.6 Å². The zero-order valence-corrected chi connectivity index (χ0v) is 9.96. The van der Waals surface area contributed by atoms with Gasteiger partial charge in [-0.25, -0.2) is 0 Å². The molecule has 2 aromatic rings. The molecule has 1 fully saturated rings. The van der Waals surface area contributed by atoms with E-state index in [4.69, 9.17) is 11.6 Å². The zero-order chi connectivity index (χ0) is 11.3. The molecule has 84 valence electrons. The Bertz CT molecular complexity index is 554. The molecule has 1 aliphatic rings. The monoisotopic (exact) mass is 235 g/mol. The molecule has 1 aromatic heterocycles. The molecular weight excluding hydrogens is 222 g/mol. The summed E-state index contributed by atoms with van der Waals surface area (Å²) in [7, 11) is 1.99. The number of benzene rings is 1. The first-order chi connectivity index (χ1) is 7.59. The van der Waals surface area contributed by atoms with E-state index in [9.17, 15) is 5.11 Å². The summed E-state index contributed by atoms with van der Waals surface area (Å²) >= 11 is 6.23. The summed E-state index contributed by atoms with van der Waals surface area (Å²) in [6.45, 7) is 0. The van der Waals surface area contributed by atoms with Crippen molar-refractivity contribution in [3.05, 3.63) is 35.0 Å². The topological polar surface area (TPSA) is 25.2 Å². The van der Waals surface area contributed by atoms with E-state index in [0.717, 1.165) is 34.3 Å². The van der Waals surface area contributed by atoms with Crippen molar-refractivity contribution in [2.75, 3.05) is 0 Å². The lowest BCUT2D eigenvalue weighted by molar-refractivity contribution is 0.151. The lowest BCUT2D eigenvalue weighted by Crippen LogP contribution is -2.10. The van der Waals surface area contributed by atoms with Crippen LogP contribution in [0.25, 0.3) is 10.9 Å². The number of aromatic nitrogens is 1. The highest BCUT2D eigenvalue weighted by molar-refractivity contribution is 6.35.